The second-order valence-electron chi connectivity index (χ2n) is 10.8. The average Bonchev–Trinajstić information content (AvgIpc) is 2.83. The van der Waals surface area contributed by atoms with Crippen molar-refractivity contribution in [1.29, 1.82) is 0 Å². The molecule has 3 rings (SSSR count). The van der Waals surface area contributed by atoms with Gasteiger partial charge in [-0.2, -0.15) is 0 Å². The molecule has 0 bridgehead atoms. The first kappa shape index (κ1) is 28.1. The van der Waals surface area contributed by atoms with Crippen LogP contribution in [0.25, 0.3) is 0 Å². The minimum absolute atomic E-state index is 0.0216. The van der Waals surface area contributed by atoms with Crippen LogP contribution in [0.2, 0.25) is 0 Å². The number of piperidine rings is 1. The highest BCUT2D eigenvalue weighted by atomic mass is 28.2. The van der Waals surface area contributed by atoms with Gasteiger partial charge in [-0.3, -0.25) is 9.69 Å². The second-order valence-corrected chi connectivity index (χ2v) is 11.3. The van der Waals surface area contributed by atoms with Gasteiger partial charge in [0.05, 0.1) is 14.2 Å². The third-order valence-electron chi connectivity index (χ3n) is 7.96. The van der Waals surface area contributed by atoms with Crippen LogP contribution in [0.15, 0.2) is 12.1 Å². The second kappa shape index (κ2) is 10.1. The molecule has 2 heterocycles. The highest BCUT2D eigenvalue weighted by Crippen LogP contribution is 2.57. The summed E-state index contributed by atoms with van der Waals surface area (Å²) in [6.07, 6.45) is 2.75. The molecule has 35 heavy (non-hydrogen) atoms. The fourth-order valence-corrected chi connectivity index (χ4v) is 6.76. The quantitative estimate of drug-likeness (QED) is 0.401. The highest BCUT2D eigenvalue weighted by Gasteiger charge is 2.68. The molecule has 198 valence electrons. The lowest BCUT2D eigenvalue weighted by molar-refractivity contribution is -0.395. The zero-order valence-corrected chi connectivity index (χ0v) is 24.8. The van der Waals surface area contributed by atoms with E-state index in [4.69, 9.17) is 23.4 Å². The Kier molecular flexibility index (Phi) is 8.11. The molecule has 2 aliphatic heterocycles. The van der Waals surface area contributed by atoms with E-state index in [2.05, 4.69) is 32.6 Å². The number of methoxy groups -OCH3 is 4. The van der Waals surface area contributed by atoms with E-state index in [1.54, 1.807) is 14.2 Å². The fraction of sp³-hybridized carbons (Fsp3) is 0.731. The maximum absolute atomic E-state index is 13.8. The van der Waals surface area contributed by atoms with Crippen molar-refractivity contribution in [2.24, 2.45) is 5.41 Å². The molecule has 1 N–H and O–H groups in total. The van der Waals surface area contributed by atoms with Crippen molar-refractivity contribution in [3.05, 3.63) is 23.3 Å². The maximum atomic E-state index is 13.8. The van der Waals surface area contributed by atoms with Crippen molar-refractivity contribution in [2.45, 2.75) is 83.0 Å². The van der Waals surface area contributed by atoms with Gasteiger partial charge in [-0.15, -0.1) is 0 Å². The standard InChI is InChI=1S/C26H43NO7Si/c1-9-10-11-24(29)16-27-21(23(2,3)4)13-17-12-19(30-5)20(31-6)14-18(17)25(27,15-22(24)28)26(32-7,33-8)34-35/h12,14,21,29H,9-11,13,15-16H2,1-8,35H3/t21-,24?,25?/m0/s1. The lowest BCUT2D eigenvalue weighted by atomic mass is 9.64. The van der Waals surface area contributed by atoms with Gasteiger partial charge in [0.1, 0.15) is 11.1 Å². The molecule has 8 nitrogen and oxygen atoms in total. The van der Waals surface area contributed by atoms with Crippen LogP contribution < -0.4 is 9.47 Å². The van der Waals surface area contributed by atoms with Gasteiger partial charge in [-0.1, -0.05) is 40.5 Å². The first-order valence-electron chi connectivity index (χ1n) is 12.4. The van der Waals surface area contributed by atoms with Crippen LogP contribution in [-0.4, -0.2) is 78.9 Å². The van der Waals surface area contributed by atoms with Gasteiger partial charge in [0, 0.05) is 33.2 Å². The van der Waals surface area contributed by atoms with Crippen molar-refractivity contribution >= 4 is 16.3 Å². The van der Waals surface area contributed by atoms with Gasteiger partial charge >= 0.3 is 0 Å². The number of Topliss-reactive ketones (excluding diaryl/α,β-unsaturated/α-hetero) is 1. The van der Waals surface area contributed by atoms with Crippen LogP contribution >= 0.6 is 0 Å². The number of hydrogen-bond donors (Lipinski definition) is 1. The van der Waals surface area contributed by atoms with Crippen LogP contribution in [-0.2, 0) is 30.7 Å². The van der Waals surface area contributed by atoms with Crippen molar-refractivity contribution in [1.82, 2.24) is 4.90 Å². The molecule has 1 fully saturated rings. The van der Waals surface area contributed by atoms with Gasteiger partial charge in [-0.25, -0.2) is 0 Å². The first-order valence-corrected chi connectivity index (χ1v) is 13.2. The van der Waals surface area contributed by atoms with Crippen molar-refractivity contribution < 1.29 is 33.3 Å². The monoisotopic (exact) mass is 509 g/mol. The number of hydrogen-bond acceptors (Lipinski definition) is 8. The average molecular weight is 510 g/mol. The van der Waals surface area contributed by atoms with Gasteiger partial charge in [0.15, 0.2) is 27.8 Å². The minimum atomic E-state index is -1.56. The minimum Gasteiger partial charge on any atom is -0.493 e. The van der Waals surface area contributed by atoms with Crippen LogP contribution in [0.5, 0.6) is 11.5 Å². The summed E-state index contributed by atoms with van der Waals surface area (Å²) in [5.74, 6) is -0.612. The lowest BCUT2D eigenvalue weighted by Gasteiger charge is -2.63. The summed E-state index contributed by atoms with van der Waals surface area (Å²) in [6, 6.07) is 3.85. The predicted octanol–water partition coefficient (Wildman–Crippen LogP) is 2.31. The molecule has 0 aromatic heterocycles. The van der Waals surface area contributed by atoms with Crippen LogP contribution in [0.1, 0.15) is 64.5 Å². The Hall–Kier alpha value is -1.49. The fourth-order valence-electron chi connectivity index (χ4n) is 6.09. The Bertz CT molecular complexity index is 921. The normalized spacial score (nSPS) is 27.5. The van der Waals surface area contributed by atoms with Crippen molar-refractivity contribution in [3.63, 3.8) is 0 Å². The highest BCUT2D eigenvalue weighted by molar-refractivity contribution is 5.98. The molecule has 0 amide bonds. The summed E-state index contributed by atoms with van der Waals surface area (Å²) in [5, 5.41) is 11.7. The molecule has 0 spiro atoms. The van der Waals surface area contributed by atoms with Crippen LogP contribution in [0.4, 0.5) is 0 Å². The lowest BCUT2D eigenvalue weighted by Crippen LogP contribution is -2.77. The number of aliphatic hydroxyl groups is 1. The number of benzene rings is 1. The Morgan fingerprint density at radius 1 is 1.11 bits per heavy atom. The zero-order chi connectivity index (χ0) is 26.2. The third kappa shape index (κ3) is 4.34. The zero-order valence-electron chi connectivity index (χ0n) is 22.8. The number of fused-ring (bicyclic) bond motifs is 3. The van der Waals surface area contributed by atoms with Gasteiger partial charge in [0.2, 0.25) is 0 Å². The maximum Gasteiger partial charge on any atom is 0.296 e. The summed E-state index contributed by atoms with van der Waals surface area (Å²) >= 11 is 0. The summed E-state index contributed by atoms with van der Waals surface area (Å²) in [6.45, 7) is 8.77. The van der Waals surface area contributed by atoms with Gasteiger partial charge in [0.25, 0.3) is 5.97 Å². The first-order chi connectivity index (χ1) is 16.4. The van der Waals surface area contributed by atoms with E-state index in [0.717, 1.165) is 24.0 Å². The van der Waals surface area contributed by atoms with E-state index >= 15 is 0 Å². The molecule has 2 unspecified atom stereocenters. The molecule has 9 heteroatoms. The number of carbonyl (C=O) groups is 1. The molecular weight excluding hydrogens is 466 g/mol. The molecule has 1 saturated heterocycles. The Labute approximate surface area is 212 Å². The molecular formula is C26H43NO7Si. The van der Waals surface area contributed by atoms with E-state index in [1.807, 2.05) is 12.1 Å². The largest absolute Gasteiger partial charge is 0.493 e. The van der Waals surface area contributed by atoms with Gasteiger partial charge < -0.3 is 28.5 Å². The number of rotatable bonds is 9. The number of carbonyl (C=O) groups excluding carboxylic acids is 1. The van der Waals surface area contributed by atoms with Crippen LogP contribution in [0, 0.1) is 5.41 Å². The molecule has 1 aromatic rings. The summed E-state index contributed by atoms with van der Waals surface area (Å²) in [7, 11) is 6.59. The van der Waals surface area contributed by atoms with E-state index in [9.17, 15) is 9.90 Å². The molecule has 1 aromatic carbocycles. The smallest absolute Gasteiger partial charge is 0.296 e. The topological polar surface area (TPSA) is 86.7 Å². The number of unbranched alkanes of at least 4 members (excludes halogenated alkanes) is 1. The molecule has 0 radical (unpaired) electrons. The Morgan fingerprint density at radius 3 is 2.20 bits per heavy atom. The molecule has 0 saturated carbocycles. The third-order valence-corrected chi connectivity index (χ3v) is 8.50. The number of ether oxygens (including phenoxy) is 4. The predicted molar refractivity (Wildman–Crippen MR) is 137 cm³/mol. The SMILES string of the molecule is CCCCC1(O)CN2[C@H](C(C)(C)C)Cc3cc(OC)c(OC)cc3C2(C(OC)(OC)O[SiH3])CC1=O. The number of ketones is 1. The Balaban J connectivity index is 2.41. The number of nitrogens with zero attached hydrogens (tertiary/aromatic N) is 1. The summed E-state index contributed by atoms with van der Waals surface area (Å²) in [4.78, 5) is 16.1. The van der Waals surface area contributed by atoms with Crippen molar-refractivity contribution in [2.75, 3.05) is 35.0 Å². The van der Waals surface area contributed by atoms with Crippen molar-refractivity contribution in [3.8, 4) is 11.5 Å². The molecule has 3 atom stereocenters. The van der Waals surface area contributed by atoms with Gasteiger partial charge in [-0.05, 0) is 41.5 Å². The molecule has 2 aliphatic rings. The van der Waals surface area contributed by atoms with E-state index < -0.39 is 17.1 Å². The van der Waals surface area contributed by atoms with E-state index in [-0.39, 0.29) is 30.2 Å². The van der Waals surface area contributed by atoms with E-state index in [1.165, 1.54) is 14.2 Å². The summed E-state index contributed by atoms with van der Waals surface area (Å²) < 4.78 is 29.5. The summed E-state index contributed by atoms with van der Waals surface area (Å²) in [5.41, 5.74) is -0.932. The van der Waals surface area contributed by atoms with Crippen LogP contribution in [0.3, 0.4) is 0 Å². The molecule has 0 aliphatic carbocycles. The Morgan fingerprint density at radius 2 is 1.71 bits per heavy atom. The van der Waals surface area contributed by atoms with E-state index in [0.29, 0.717) is 34.8 Å².